The summed E-state index contributed by atoms with van der Waals surface area (Å²) >= 11 is 0. The van der Waals surface area contributed by atoms with Gasteiger partial charge in [0, 0.05) is 24.0 Å². The van der Waals surface area contributed by atoms with Gasteiger partial charge in [-0.15, -0.1) is 0 Å². The van der Waals surface area contributed by atoms with Crippen LogP contribution in [0.5, 0.6) is 0 Å². The zero-order valence-corrected chi connectivity index (χ0v) is 9.76. The second kappa shape index (κ2) is 4.30. The molecular weight excluding hydrogens is 212 g/mol. The van der Waals surface area contributed by atoms with Gasteiger partial charge < -0.3 is 5.73 Å². The largest absolute Gasteiger partial charge is 0.329 e. The SMILES string of the molecule is NCCn1nc(-c2ccccn2)c2c1CCC2. The lowest BCUT2D eigenvalue weighted by Crippen LogP contribution is -2.13. The zero-order valence-electron chi connectivity index (χ0n) is 9.76. The number of fused-ring (bicyclic) bond motifs is 1. The number of nitrogens with two attached hydrogens (primary N) is 1. The van der Waals surface area contributed by atoms with Crippen molar-refractivity contribution in [2.24, 2.45) is 5.73 Å². The van der Waals surface area contributed by atoms with Gasteiger partial charge in [-0.1, -0.05) is 6.07 Å². The first-order valence-electron chi connectivity index (χ1n) is 6.10. The smallest absolute Gasteiger partial charge is 0.114 e. The van der Waals surface area contributed by atoms with Crippen LogP contribution >= 0.6 is 0 Å². The van der Waals surface area contributed by atoms with Crippen molar-refractivity contribution in [3.63, 3.8) is 0 Å². The van der Waals surface area contributed by atoms with E-state index in [1.165, 1.54) is 17.7 Å². The van der Waals surface area contributed by atoms with Gasteiger partial charge in [0.1, 0.15) is 5.69 Å². The highest BCUT2D eigenvalue weighted by Gasteiger charge is 2.23. The molecular formula is C13H16N4. The summed E-state index contributed by atoms with van der Waals surface area (Å²) in [6, 6.07) is 5.96. The third-order valence-corrected chi connectivity index (χ3v) is 3.26. The lowest BCUT2D eigenvalue weighted by atomic mass is 10.1. The molecule has 0 fully saturated rings. The molecule has 4 heteroatoms. The van der Waals surface area contributed by atoms with Gasteiger partial charge in [0.05, 0.1) is 12.2 Å². The van der Waals surface area contributed by atoms with E-state index in [9.17, 15) is 0 Å². The Morgan fingerprint density at radius 3 is 3.00 bits per heavy atom. The topological polar surface area (TPSA) is 56.7 Å². The van der Waals surface area contributed by atoms with Crippen molar-refractivity contribution in [2.75, 3.05) is 6.54 Å². The minimum absolute atomic E-state index is 0.635. The van der Waals surface area contributed by atoms with Crippen LogP contribution in [0.25, 0.3) is 11.4 Å². The summed E-state index contributed by atoms with van der Waals surface area (Å²) in [7, 11) is 0. The molecule has 88 valence electrons. The number of pyridine rings is 1. The molecule has 3 rings (SSSR count). The Bertz CT molecular complexity index is 516. The predicted molar refractivity (Wildman–Crippen MR) is 66.5 cm³/mol. The molecule has 2 aromatic heterocycles. The van der Waals surface area contributed by atoms with Gasteiger partial charge in [0.25, 0.3) is 0 Å². The van der Waals surface area contributed by atoms with Crippen LogP contribution in [-0.2, 0) is 19.4 Å². The molecule has 0 saturated heterocycles. The molecule has 0 radical (unpaired) electrons. The summed E-state index contributed by atoms with van der Waals surface area (Å²) in [6.45, 7) is 1.44. The molecule has 0 spiro atoms. The molecule has 4 nitrogen and oxygen atoms in total. The number of hydrogen-bond acceptors (Lipinski definition) is 3. The Morgan fingerprint density at radius 2 is 2.24 bits per heavy atom. The maximum absolute atomic E-state index is 5.63. The molecule has 0 atom stereocenters. The number of rotatable bonds is 3. The molecule has 2 N–H and O–H groups in total. The molecule has 0 unspecified atom stereocenters. The average Bonchev–Trinajstić information content (AvgIpc) is 2.94. The van der Waals surface area contributed by atoms with Crippen LogP contribution < -0.4 is 5.73 Å². The van der Waals surface area contributed by atoms with E-state index in [0.29, 0.717) is 6.54 Å². The summed E-state index contributed by atoms with van der Waals surface area (Å²) < 4.78 is 2.06. The summed E-state index contributed by atoms with van der Waals surface area (Å²) in [5.41, 5.74) is 10.4. The van der Waals surface area contributed by atoms with Crippen molar-refractivity contribution in [2.45, 2.75) is 25.8 Å². The highest BCUT2D eigenvalue weighted by atomic mass is 15.3. The van der Waals surface area contributed by atoms with Gasteiger partial charge in [-0.2, -0.15) is 5.10 Å². The highest BCUT2D eigenvalue weighted by Crippen LogP contribution is 2.30. The number of aromatic nitrogens is 3. The van der Waals surface area contributed by atoms with Gasteiger partial charge in [-0.05, 0) is 31.4 Å². The van der Waals surface area contributed by atoms with Crippen LogP contribution in [0.2, 0.25) is 0 Å². The van der Waals surface area contributed by atoms with E-state index in [1.807, 2.05) is 24.4 Å². The molecule has 0 aliphatic heterocycles. The van der Waals surface area contributed by atoms with Crippen molar-refractivity contribution < 1.29 is 0 Å². The van der Waals surface area contributed by atoms with Crippen LogP contribution in [-0.4, -0.2) is 21.3 Å². The Hall–Kier alpha value is -1.68. The molecule has 2 heterocycles. The second-order valence-corrected chi connectivity index (χ2v) is 4.35. The van der Waals surface area contributed by atoms with Crippen molar-refractivity contribution >= 4 is 0 Å². The van der Waals surface area contributed by atoms with E-state index in [0.717, 1.165) is 30.8 Å². The lowest BCUT2D eigenvalue weighted by molar-refractivity contribution is 0.595. The molecule has 0 aromatic carbocycles. The van der Waals surface area contributed by atoms with Crippen molar-refractivity contribution in [3.8, 4) is 11.4 Å². The molecule has 1 aliphatic carbocycles. The van der Waals surface area contributed by atoms with Crippen LogP contribution in [0.15, 0.2) is 24.4 Å². The van der Waals surface area contributed by atoms with Crippen molar-refractivity contribution in [3.05, 3.63) is 35.7 Å². The fraction of sp³-hybridized carbons (Fsp3) is 0.385. The Kier molecular flexibility index (Phi) is 2.65. The molecule has 0 bridgehead atoms. The van der Waals surface area contributed by atoms with Gasteiger partial charge >= 0.3 is 0 Å². The second-order valence-electron chi connectivity index (χ2n) is 4.35. The van der Waals surface area contributed by atoms with E-state index in [4.69, 9.17) is 5.73 Å². The first kappa shape index (κ1) is 10.5. The summed E-state index contributed by atoms with van der Waals surface area (Å²) in [4.78, 5) is 4.39. The highest BCUT2D eigenvalue weighted by molar-refractivity contribution is 5.61. The third kappa shape index (κ3) is 1.74. The van der Waals surface area contributed by atoms with E-state index < -0.39 is 0 Å². The molecule has 0 amide bonds. The predicted octanol–water partition coefficient (Wildman–Crippen LogP) is 1.39. The van der Waals surface area contributed by atoms with Crippen molar-refractivity contribution in [1.29, 1.82) is 0 Å². The maximum atomic E-state index is 5.63. The van der Waals surface area contributed by atoms with Gasteiger partial charge in [0.2, 0.25) is 0 Å². The molecule has 1 aliphatic rings. The summed E-state index contributed by atoms with van der Waals surface area (Å²) in [5.74, 6) is 0. The zero-order chi connectivity index (χ0) is 11.7. The monoisotopic (exact) mass is 228 g/mol. The third-order valence-electron chi connectivity index (χ3n) is 3.26. The van der Waals surface area contributed by atoms with Gasteiger partial charge in [-0.25, -0.2) is 0 Å². The minimum atomic E-state index is 0.635. The molecule has 17 heavy (non-hydrogen) atoms. The Morgan fingerprint density at radius 1 is 1.29 bits per heavy atom. The normalized spacial score (nSPS) is 13.9. The quantitative estimate of drug-likeness (QED) is 0.863. The van der Waals surface area contributed by atoms with Crippen molar-refractivity contribution in [1.82, 2.24) is 14.8 Å². The van der Waals surface area contributed by atoms with Crippen LogP contribution in [0.3, 0.4) is 0 Å². The van der Waals surface area contributed by atoms with Crippen LogP contribution in [0.4, 0.5) is 0 Å². The maximum Gasteiger partial charge on any atom is 0.114 e. The van der Waals surface area contributed by atoms with E-state index >= 15 is 0 Å². The number of hydrogen-bond donors (Lipinski definition) is 1. The Labute approximate surface area is 100 Å². The molecule has 0 saturated carbocycles. The Balaban J connectivity index is 2.09. The van der Waals surface area contributed by atoms with Gasteiger partial charge in [0.15, 0.2) is 0 Å². The van der Waals surface area contributed by atoms with Gasteiger partial charge in [-0.3, -0.25) is 9.67 Å². The van der Waals surface area contributed by atoms with Crippen LogP contribution in [0, 0.1) is 0 Å². The minimum Gasteiger partial charge on any atom is -0.329 e. The molecule has 2 aromatic rings. The van der Waals surface area contributed by atoms with E-state index in [1.54, 1.807) is 0 Å². The standard InChI is InChI=1S/C13H16N4/c14-7-9-17-12-6-3-4-10(12)13(16-17)11-5-1-2-8-15-11/h1-2,5,8H,3-4,6-7,9,14H2. The first-order valence-corrected chi connectivity index (χ1v) is 6.10. The van der Waals surface area contributed by atoms with E-state index in [-0.39, 0.29) is 0 Å². The average molecular weight is 228 g/mol. The lowest BCUT2D eigenvalue weighted by Gasteiger charge is -2.02. The van der Waals surface area contributed by atoms with Crippen LogP contribution in [0.1, 0.15) is 17.7 Å². The fourth-order valence-corrected chi connectivity index (χ4v) is 2.53. The first-order chi connectivity index (χ1) is 8.40. The van der Waals surface area contributed by atoms with E-state index in [2.05, 4.69) is 14.8 Å². The number of nitrogens with zero attached hydrogens (tertiary/aromatic N) is 3. The summed E-state index contributed by atoms with van der Waals surface area (Å²) in [5, 5.41) is 4.67. The fourth-order valence-electron chi connectivity index (χ4n) is 2.53. The summed E-state index contributed by atoms with van der Waals surface area (Å²) in [6.07, 6.45) is 5.28.